The Morgan fingerprint density at radius 3 is 3.00 bits per heavy atom. The molecule has 0 aromatic carbocycles. The van der Waals surface area contributed by atoms with Gasteiger partial charge in [0.2, 0.25) is 0 Å². The highest BCUT2D eigenvalue weighted by atomic mass is 16.5. The van der Waals surface area contributed by atoms with Crippen LogP contribution < -0.4 is 5.32 Å². The number of ether oxygens (including phenoxy) is 1. The lowest BCUT2D eigenvalue weighted by atomic mass is 10.1. The predicted molar refractivity (Wildman–Crippen MR) is 62.6 cm³/mol. The monoisotopic (exact) mass is 205 g/mol. The van der Waals surface area contributed by atoms with Crippen molar-refractivity contribution in [2.75, 3.05) is 13.7 Å². The first-order valence-electron chi connectivity index (χ1n) is 5.70. The van der Waals surface area contributed by atoms with E-state index in [0.29, 0.717) is 6.04 Å². The molecule has 2 aliphatic rings. The molecule has 15 heavy (non-hydrogen) atoms. The van der Waals surface area contributed by atoms with Crippen LogP contribution in [0.3, 0.4) is 0 Å². The zero-order valence-corrected chi connectivity index (χ0v) is 9.55. The average Bonchev–Trinajstić information content (AvgIpc) is 2.52. The van der Waals surface area contributed by atoms with Crippen LogP contribution >= 0.6 is 0 Å². The number of allylic oxidation sites excluding steroid dienone is 3. The molecule has 0 saturated heterocycles. The molecule has 82 valence electrons. The zero-order valence-electron chi connectivity index (χ0n) is 9.55. The number of hydrogen-bond donors (Lipinski definition) is 1. The van der Waals surface area contributed by atoms with Gasteiger partial charge in [-0.1, -0.05) is 18.6 Å². The van der Waals surface area contributed by atoms with Gasteiger partial charge in [0, 0.05) is 6.04 Å². The van der Waals surface area contributed by atoms with Crippen LogP contribution in [0, 0.1) is 0 Å². The van der Waals surface area contributed by atoms with Gasteiger partial charge in [0.25, 0.3) is 0 Å². The van der Waals surface area contributed by atoms with Gasteiger partial charge in [0.1, 0.15) is 5.76 Å². The van der Waals surface area contributed by atoms with Crippen molar-refractivity contribution in [1.29, 1.82) is 0 Å². The number of rotatable bonds is 3. The lowest BCUT2D eigenvalue weighted by Crippen LogP contribution is -2.26. The Bertz CT molecular complexity index is 325. The molecule has 0 aliphatic heterocycles. The molecule has 0 aromatic rings. The molecule has 2 aliphatic carbocycles. The van der Waals surface area contributed by atoms with Gasteiger partial charge in [0.05, 0.1) is 7.11 Å². The second-order valence-electron chi connectivity index (χ2n) is 4.14. The summed E-state index contributed by atoms with van der Waals surface area (Å²) < 4.78 is 5.24. The fourth-order valence-electron chi connectivity index (χ4n) is 2.37. The molecule has 0 fully saturated rings. The van der Waals surface area contributed by atoms with Crippen molar-refractivity contribution >= 4 is 0 Å². The molecular weight excluding hydrogens is 186 g/mol. The van der Waals surface area contributed by atoms with Gasteiger partial charge in [-0.2, -0.15) is 0 Å². The zero-order chi connectivity index (χ0) is 10.7. The van der Waals surface area contributed by atoms with Gasteiger partial charge in [-0.3, -0.25) is 0 Å². The van der Waals surface area contributed by atoms with Crippen LogP contribution in [0.5, 0.6) is 0 Å². The standard InChI is InChI=1S/C13H19NO/c1-3-14-12-8-10-4-6-13(15-2)7-5-11(10)9-12/h4,6-7,12,14H,3,5,8-9H2,1-2H3. The molecule has 2 nitrogen and oxygen atoms in total. The maximum Gasteiger partial charge on any atom is 0.115 e. The molecule has 0 spiro atoms. The van der Waals surface area contributed by atoms with E-state index in [1.54, 1.807) is 12.7 Å². The highest BCUT2D eigenvalue weighted by Gasteiger charge is 2.22. The first kappa shape index (κ1) is 10.5. The van der Waals surface area contributed by atoms with E-state index in [0.717, 1.165) is 18.7 Å². The quantitative estimate of drug-likeness (QED) is 0.764. The Morgan fingerprint density at radius 2 is 2.27 bits per heavy atom. The van der Waals surface area contributed by atoms with Crippen LogP contribution in [0.2, 0.25) is 0 Å². The summed E-state index contributed by atoms with van der Waals surface area (Å²) in [4.78, 5) is 0. The van der Waals surface area contributed by atoms with E-state index in [2.05, 4.69) is 30.5 Å². The summed E-state index contributed by atoms with van der Waals surface area (Å²) in [5, 5.41) is 3.52. The average molecular weight is 205 g/mol. The first-order valence-corrected chi connectivity index (χ1v) is 5.70. The normalized spacial score (nSPS) is 24.9. The third-order valence-electron chi connectivity index (χ3n) is 3.14. The Balaban J connectivity index is 2.02. The molecule has 0 aromatic heterocycles. The first-order chi connectivity index (χ1) is 7.33. The summed E-state index contributed by atoms with van der Waals surface area (Å²) in [6.45, 7) is 3.23. The van der Waals surface area contributed by atoms with Gasteiger partial charge < -0.3 is 10.1 Å². The Labute approximate surface area is 91.7 Å². The summed E-state index contributed by atoms with van der Waals surface area (Å²) in [5.74, 6) is 0.990. The third kappa shape index (κ3) is 2.32. The van der Waals surface area contributed by atoms with Crippen LogP contribution in [-0.4, -0.2) is 19.7 Å². The van der Waals surface area contributed by atoms with Gasteiger partial charge in [0.15, 0.2) is 0 Å². The molecule has 0 saturated carbocycles. The number of nitrogens with one attached hydrogen (secondary N) is 1. The summed E-state index contributed by atoms with van der Waals surface area (Å²) in [7, 11) is 1.73. The maximum absolute atomic E-state index is 5.24. The van der Waals surface area contributed by atoms with E-state index in [9.17, 15) is 0 Å². The molecule has 0 radical (unpaired) electrons. The smallest absolute Gasteiger partial charge is 0.115 e. The van der Waals surface area contributed by atoms with Crippen LogP contribution in [0.25, 0.3) is 0 Å². The highest BCUT2D eigenvalue weighted by molar-refractivity contribution is 5.39. The van der Waals surface area contributed by atoms with Crippen LogP contribution in [-0.2, 0) is 4.74 Å². The number of hydrogen-bond acceptors (Lipinski definition) is 2. The molecular formula is C13H19NO. The van der Waals surface area contributed by atoms with Crippen LogP contribution in [0.4, 0.5) is 0 Å². The van der Waals surface area contributed by atoms with Gasteiger partial charge in [-0.15, -0.1) is 0 Å². The van der Waals surface area contributed by atoms with Crippen molar-refractivity contribution in [3.05, 3.63) is 35.1 Å². The van der Waals surface area contributed by atoms with Gasteiger partial charge in [-0.05, 0) is 43.5 Å². The second-order valence-corrected chi connectivity index (χ2v) is 4.14. The molecule has 0 amide bonds. The fourth-order valence-corrected chi connectivity index (χ4v) is 2.37. The summed E-state index contributed by atoms with van der Waals surface area (Å²) in [6, 6.07) is 0.655. The third-order valence-corrected chi connectivity index (χ3v) is 3.14. The van der Waals surface area contributed by atoms with Crippen molar-refractivity contribution in [3.63, 3.8) is 0 Å². The van der Waals surface area contributed by atoms with E-state index in [1.165, 1.54) is 18.4 Å². The molecule has 1 atom stereocenters. The lowest BCUT2D eigenvalue weighted by molar-refractivity contribution is 0.305. The SMILES string of the molecule is CCNC1CC2=C(CC=C(OC)C=C2)C1. The minimum absolute atomic E-state index is 0.655. The molecule has 0 heterocycles. The fraction of sp³-hybridized carbons (Fsp3) is 0.538. The van der Waals surface area contributed by atoms with Crippen molar-refractivity contribution in [3.8, 4) is 0 Å². The van der Waals surface area contributed by atoms with E-state index < -0.39 is 0 Å². The molecule has 1 N–H and O–H groups in total. The highest BCUT2D eigenvalue weighted by Crippen LogP contribution is 2.32. The topological polar surface area (TPSA) is 21.3 Å². The number of methoxy groups -OCH3 is 1. The molecule has 0 bridgehead atoms. The Hall–Kier alpha value is -1.02. The van der Waals surface area contributed by atoms with Crippen LogP contribution in [0.15, 0.2) is 35.1 Å². The van der Waals surface area contributed by atoms with E-state index in [4.69, 9.17) is 4.74 Å². The summed E-state index contributed by atoms with van der Waals surface area (Å²) in [5.41, 5.74) is 3.08. The van der Waals surface area contributed by atoms with Crippen molar-refractivity contribution in [1.82, 2.24) is 5.32 Å². The van der Waals surface area contributed by atoms with E-state index in [-0.39, 0.29) is 0 Å². The minimum Gasteiger partial charge on any atom is -0.497 e. The van der Waals surface area contributed by atoms with Crippen LogP contribution in [0.1, 0.15) is 26.2 Å². The Morgan fingerprint density at radius 1 is 1.40 bits per heavy atom. The van der Waals surface area contributed by atoms with Crippen molar-refractivity contribution in [2.24, 2.45) is 0 Å². The molecule has 1 unspecified atom stereocenters. The minimum atomic E-state index is 0.655. The second kappa shape index (κ2) is 4.67. The summed E-state index contributed by atoms with van der Waals surface area (Å²) >= 11 is 0. The Kier molecular flexibility index (Phi) is 3.27. The predicted octanol–water partition coefficient (Wildman–Crippen LogP) is 2.55. The van der Waals surface area contributed by atoms with E-state index in [1.807, 2.05) is 0 Å². The van der Waals surface area contributed by atoms with Gasteiger partial charge >= 0.3 is 0 Å². The maximum atomic E-state index is 5.24. The summed E-state index contributed by atoms with van der Waals surface area (Å²) in [6.07, 6.45) is 9.89. The van der Waals surface area contributed by atoms with Gasteiger partial charge in [-0.25, -0.2) is 0 Å². The van der Waals surface area contributed by atoms with E-state index >= 15 is 0 Å². The lowest BCUT2D eigenvalue weighted by Gasteiger charge is -2.10. The largest absolute Gasteiger partial charge is 0.497 e. The van der Waals surface area contributed by atoms with Crippen molar-refractivity contribution < 1.29 is 4.74 Å². The van der Waals surface area contributed by atoms with Crippen molar-refractivity contribution in [2.45, 2.75) is 32.2 Å². The molecule has 2 rings (SSSR count). The molecule has 2 heteroatoms.